The minimum atomic E-state index is -0.500. The molecular weight excluding hydrogens is 340 g/mol. The maximum atomic E-state index is 13.8. The Kier molecular flexibility index (Phi) is 5.66. The molecule has 1 aliphatic rings. The number of aryl methyl sites for hydroxylation is 1. The maximum absolute atomic E-state index is 13.8. The highest BCUT2D eigenvalue weighted by atomic mass is 19.1. The van der Waals surface area contributed by atoms with Gasteiger partial charge in [0.1, 0.15) is 11.6 Å². The van der Waals surface area contributed by atoms with E-state index in [1.807, 2.05) is 0 Å². The first-order valence-electron chi connectivity index (χ1n) is 8.91. The molecule has 1 fully saturated rings. The Morgan fingerprint density at radius 3 is 2.58 bits per heavy atom. The van der Waals surface area contributed by atoms with Gasteiger partial charge < -0.3 is 4.98 Å². The topological polar surface area (TPSA) is 69.0 Å². The molecule has 2 aromatic rings. The molecule has 1 saturated heterocycles. The molecule has 1 aromatic heterocycles. The summed E-state index contributed by atoms with van der Waals surface area (Å²) in [6.07, 6.45) is 3.06. The first-order valence-corrected chi connectivity index (χ1v) is 8.91. The highest BCUT2D eigenvalue weighted by Crippen LogP contribution is 2.24. The van der Waals surface area contributed by atoms with Crippen molar-refractivity contribution in [3.05, 3.63) is 67.5 Å². The SMILES string of the molecule is Cc1[nH]c(=O)[nH]c(=O)c1CN1CCC[C@H](CCc2c(F)cccc2F)C1. The highest BCUT2D eigenvalue weighted by Gasteiger charge is 2.22. The van der Waals surface area contributed by atoms with Gasteiger partial charge in [0.2, 0.25) is 0 Å². The summed E-state index contributed by atoms with van der Waals surface area (Å²) in [6, 6.07) is 3.95. The van der Waals surface area contributed by atoms with Crippen LogP contribution in [0.25, 0.3) is 0 Å². The molecule has 0 amide bonds. The third kappa shape index (κ3) is 4.27. The maximum Gasteiger partial charge on any atom is 0.325 e. The zero-order chi connectivity index (χ0) is 18.7. The van der Waals surface area contributed by atoms with Crippen LogP contribution < -0.4 is 11.2 Å². The van der Waals surface area contributed by atoms with Crippen molar-refractivity contribution in [3.8, 4) is 0 Å². The van der Waals surface area contributed by atoms with Gasteiger partial charge in [0, 0.05) is 24.3 Å². The van der Waals surface area contributed by atoms with E-state index in [-0.39, 0.29) is 11.1 Å². The van der Waals surface area contributed by atoms with E-state index in [0.29, 0.717) is 36.6 Å². The Hall–Kier alpha value is -2.28. The Bertz CT molecular complexity index is 871. The molecule has 26 heavy (non-hydrogen) atoms. The van der Waals surface area contributed by atoms with Crippen LogP contribution in [0.2, 0.25) is 0 Å². The predicted molar refractivity (Wildman–Crippen MR) is 95.1 cm³/mol. The molecule has 5 nitrogen and oxygen atoms in total. The van der Waals surface area contributed by atoms with Gasteiger partial charge in [-0.15, -0.1) is 0 Å². The summed E-state index contributed by atoms with van der Waals surface area (Å²) in [6.45, 7) is 3.81. The summed E-state index contributed by atoms with van der Waals surface area (Å²) in [5.74, 6) is -0.661. The lowest BCUT2D eigenvalue weighted by atomic mass is 9.91. The van der Waals surface area contributed by atoms with Gasteiger partial charge in [-0.25, -0.2) is 13.6 Å². The monoisotopic (exact) mass is 363 g/mol. The smallest absolute Gasteiger partial charge is 0.311 e. The van der Waals surface area contributed by atoms with E-state index in [1.165, 1.54) is 18.2 Å². The number of likely N-dealkylation sites (tertiary alicyclic amines) is 1. The summed E-state index contributed by atoms with van der Waals surface area (Å²) in [5.41, 5.74) is 0.429. The van der Waals surface area contributed by atoms with Crippen molar-refractivity contribution < 1.29 is 8.78 Å². The first-order chi connectivity index (χ1) is 12.4. The first kappa shape index (κ1) is 18.5. The number of H-pyrrole nitrogens is 2. The molecule has 0 saturated carbocycles. The molecule has 1 aromatic carbocycles. The van der Waals surface area contributed by atoms with E-state index in [9.17, 15) is 18.4 Å². The molecule has 0 spiro atoms. The van der Waals surface area contributed by atoms with Gasteiger partial charge in [-0.1, -0.05) is 6.07 Å². The second-order valence-corrected chi connectivity index (χ2v) is 6.99. The summed E-state index contributed by atoms with van der Waals surface area (Å²) in [5, 5.41) is 0. The average molecular weight is 363 g/mol. The van der Waals surface area contributed by atoms with Crippen LogP contribution in [0.15, 0.2) is 27.8 Å². The number of halogens is 2. The van der Waals surface area contributed by atoms with Crippen molar-refractivity contribution in [1.29, 1.82) is 0 Å². The van der Waals surface area contributed by atoms with Crippen molar-refractivity contribution in [1.82, 2.24) is 14.9 Å². The summed E-state index contributed by atoms with van der Waals surface area (Å²) < 4.78 is 27.5. The summed E-state index contributed by atoms with van der Waals surface area (Å²) in [7, 11) is 0. The van der Waals surface area contributed by atoms with Crippen LogP contribution in [-0.4, -0.2) is 28.0 Å². The van der Waals surface area contributed by atoms with Crippen molar-refractivity contribution in [2.24, 2.45) is 5.92 Å². The lowest BCUT2D eigenvalue weighted by Gasteiger charge is -2.32. The Morgan fingerprint density at radius 2 is 1.88 bits per heavy atom. The van der Waals surface area contributed by atoms with Crippen LogP contribution in [-0.2, 0) is 13.0 Å². The third-order valence-corrected chi connectivity index (χ3v) is 5.10. The van der Waals surface area contributed by atoms with Crippen LogP contribution in [0.1, 0.15) is 36.1 Å². The number of rotatable bonds is 5. The Labute approximate surface area is 150 Å². The molecule has 3 rings (SSSR count). The second-order valence-electron chi connectivity index (χ2n) is 6.99. The standard InChI is InChI=1S/C19H23F2N3O2/c1-12-15(18(25)23-19(26)22-12)11-24-9-3-4-13(10-24)7-8-14-16(20)5-2-6-17(14)21/h2,5-6,13H,3-4,7-11H2,1H3,(H2,22,23,25,26)/t13-/m1/s1. The highest BCUT2D eigenvalue weighted by molar-refractivity contribution is 5.20. The van der Waals surface area contributed by atoms with Gasteiger partial charge in [-0.2, -0.15) is 0 Å². The van der Waals surface area contributed by atoms with Gasteiger partial charge in [-0.3, -0.25) is 14.7 Å². The lowest BCUT2D eigenvalue weighted by molar-refractivity contribution is 0.160. The molecule has 2 heterocycles. The molecule has 140 valence electrons. The van der Waals surface area contributed by atoms with Crippen molar-refractivity contribution in [2.45, 2.75) is 39.2 Å². The van der Waals surface area contributed by atoms with Gasteiger partial charge in [-0.05, 0) is 57.2 Å². The van der Waals surface area contributed by atoms with Crippen LogP contribution in [0.3, 0.4) is 0 Å². The fourth-order valence-electron chi connectivity index (χ4n) is 3.69. The molecule has 1 atom stereocenters. The predicted octanol–water partition coefficient (Wildman–Crippen LogP) is 2.49. The zero-order valence-electron chi connectivity index (χ0n) is 14.8. The largest absolute Gasteiger partial charge is 0.325 e. The van der Waals surface area contributed by atoms with Gasteiger partial charge in [0.25, 0.3) is 5.56 Å². The van der Waals surface area contributed by atoms with E-state index in [4.69, 9.17) is 0 Å². The van der Waals surface area contributed by atoms with Crippen LogP contribution in [0.5, 0.6) is 0 Å². The van der Waals surface area contributed by atoms with E-state index in [2.05, 4.69) is 14.9 Å². The number of piperidine rings is 1. The second kappa shape index (κ2) is 7.95. The van der Waals surface area contributed by atoms with Gasteiger partial charge in [0.15, 0.2) is 0 Å². The van der Waals surface area contributed by atoms with Gasteiger partial charge in [0.05, 0.1) is 5.56 Å². The van der Waals surface area contributed by atoms with Crippen LogP contribution in [0.4, 0.5) is 8.78 Å². The number of nitrogens with one attached hydrogen (secondary N) is 2. The van der Waals surface area contributed by atoms with Crippen molar-refractivity contribution >= 4 is 0 Å². The number of hydrogen-bond donors (Lipinski definition) is 2. The average Bonchev–Trinajstić information content (AvgIpc) is 2.58. The normalized spacial score (nSPS) is 18.2. The van der Waals surface area contributed by atoms with Crippen LogP contribution in [0, 0.1) is 24.5 Å². The Morgan fingerprint density at radius 1 is 1.15 bits per heavy atom. The molecule has 0 unspecified atom stereocenters. The fourth-order valence-corrected chi connectivity index (χ4v) is 3.69. The molecule has 0 radical (unpaired) electrons. The minimum Gasteiger partial charge on any atom is -0.311 e. The van der Waals surface area contributed by atoms with E-state index in [1.54, 1.807) is 6.92 Å². The lowest BCUT2D eigenvalue weighted by Crippen LogP contribution is -2.38. The Balaban J connectivity index is 1.63. The van der Waals surface area contributed by atoms with E-state index in [0.717, 1.165) is 25.9 Å². The molecule has 1 aliphatic heterocycles. The quantitative estimate of drug-likeness (QED) is 0.858. The summed E-state index contributed by atoms with van der Waals surface area (Å²) in [4.78, 5) is 30.4. The number of hydrogen-bond acceptors (Lipinski definition) is 3. The van der Waals surface area contributed by atoms with Crippen LogP contribution >= 0.6 is 0 Å². The van der Waals surface area contributed by atoms with Crippen molar-refractivity contribution in [3.63, 3.8) is 0 Å². The van der Waals surface area contributed by atoms with E-state index >= 15 is 0 Å². The minimum absolute atomic E-state index is 0.151. The number of aromatic amines is 2. The molecule has 0 bridgehead atoms. The van der Waals surface area contributed by atoms with Gasteiger partial charge >= 0.3 is 5.69 Å². The zero-order valence-corrected chi connectivity index (χ0v) is 14.8. The summed E-state index contributed by atoms with van der Waals surface area (Å²) >= 11 is 0. The fraction of sp³-hybridized carbons (Fsp3) is 0.474. The van der Waals surface area contributed by atoms with E-state index < -0.39 is 17.3 Å². The molecule has 7 heteroatoms. The van der Waals surface area contributed by atoms with Crippen molar-refractivity contribution in [2.75, 3.05) is 13.1 Å². The third-order valence-electron chi connectivity index (χ3n) is 5.10. The number of aromatic nitrogens is 2. The molecule has 0 aliphatic carbocycles. The number of nitrogens with zero attached hydrogens (tertiary/aromatic N) is 1. The molecular formula is C19H23F2N3O2. The number of benzene rings is 1. The molecule has 2 N–H and O–H groups in total.